The van der Waals surface area contributed by atoms with Gasteiger partial charge in [0.15, 0.2) is 5.65 Å². The lowest BCUT2D eigenvalue weighted by molar-refractivity contribution is 0.185. The van der Waals surface area contributed by atoms with Crippen molar-refractivity contribution in [1.82, 2.24) is 24.5 Å². The van der Waals surface area contributed by atoms with Crippen molar-refractivity contribution in [2.75, 3.05) is 13.1 Å². The van der Waals surface area contributed by atoms with Gasteiger partial charge in [-0.1, -0.05) is 19.9 Å². The highest BCUT2D eigenvalue weighted by Gasteiger charge is 2.26. The van der Waals surface area contributed by atoms with E-state index in [-0.39, 0.29) is 6.17 Å². The first kappa shape index (κ1) is 20.7. The first-order chi connectivity index (χ1) is 15.5. The van der Waals surface area contributed by atoms with Crippen LogP contribution in [-0.2, 0) is 0 Å². The lowest BCUT2D eigenvalue weighted by atomic mass is 9.87. The summed E-state index contributed by atoms with van der Waals surface area (Å²) in [7, 11) is 0. The summed E-state index contributed by atoms with van der Waals surface area (Å²) in [6.45, 7) is 17.9. The Bertz CT molecular complexity index is 1310. The van der Waals surface area contributed by atoms with Gasteiger partial charge in [-0.2, -0.15) is 5.10 Å². The third-order valence-corrected chi connectivity index (χ3v) is 7.00. The molecule has 1 aromatic carbocycles. The van der Waals surface area contributed by atoms with Crippen molar-refractivity contribution >= 4 is 16.6 Å². The summed E-state index contributed by atoms with van der Waals surface area (Å²) in [6, 6.07) is 9.14. The SMILES string of the molecule is [C-]#[N+]C(C)N1CCC(c2ccc3[nH]c(-c4cc(C)c5ncnn5c4)c(C(C)C)c3c2)CC1. The van der Waals surface area contributed by atoms with E-state index < -0.39 is 0 Å². The molecule has 1 aliphatic rings. The first-order valence-electron chi connectivity index (χ1n) is 11.5. The number of piperidine rings is 1. The summed E-state index contributed by atoms with van der Waals surface area (Å²) >= 11 is 0. The van der Waals surface area contributed by atoms with Crippen LogP contribution in [0.4, 0.5) is 0 Å². The molecule has 0 saturated carbocycles. The molecular weight excluding hydrogens is 396 g/mol. The van der Waals surface area contributed by atoms with Gasteiger partial charge in [-0.3, -0.25) is 4.85 Å². The first-order valence-corrected chi connectivity index (χ1v) is 11.5. The van der Waals surface area contributed by atoms with Crippen LogP contribution in [0.15, 0.2) is 36.8 Å². The number of H-pyrrole nitrogens is 1. The molecule has 0 spiro atoms. The largest absolute Gasteiger partial charge is 0.354 e. The van der Waals surface area contributed by atoms with Crippen LogP contribution < -0.4 is 0 Å². The smallest absolute Gasteiger partial charge is 0.276 e. The van der Waals surface area contributed by atoms with Crippen LogP contribution in [0.25, 0.3) is 32.7 Å². The van der Waals surface area contributed by atoms with Gasteiger partial charge in [0.1, 0.15) is 6.33 Å². The Kier molecular flexibility index (Phi) is 5.22. The van der Waals surface area contributed by atoms with Gasteiger partial charge in [0.2, 0.25) is 0 Å². The Balaban J connectivity index is 1.54. The molecule has 1 unspecified atom stereocenters. The van der Waals surface area contributed by atoms with Crippen LogP contribution in [0.5, 0.6) is 0 Å². The van der Waals surface area contributed by atoms with Gasteiger partial charge < -0.3 is 4.98 Å². The van der Waals surface area contributed by atoms with E-state index >= 15 is 0 Å². The van der Waals surface area contributed by atoms with E-state index in [9.17, 15) is 0 Å². The third-order valence-electron chi connectivity index (χ3n) is 7.00. The highest BCUT2D eigenvalue weighted by Crippen LogP contribution is 2.38. The molecule has 0 amide bonds. The van der Waals surface area contributed by atoms with Gasteiger partial charge in [-0.25, -0.2) is 21.0 Å². The van der Waals surface area contributed by atoms with Crippen LogP contribution in [-0.4, -0.2) is 43.7 Å². The van der Waals surface area contributed by atoms with E-state index in [0.29, 0.717) is 11.8 Å². The zero-order chi connectivity index (χ0) is 22.4. The molecule has 6 heteroatoms. The predicted molar refractivity (Wildman–Crippen MR) is 129 cm³/mol. The van der Waals surface area contributed by atoms with Gasteiger partial charge >= 0.3 is 0 Å². The molecule has 1 aliphatic heterocycles. The maximum Gasteiger partial charge on any atom is 0.276 e. The Labute approximate surface area is 189 Å². The molecule has 1 saturated heterocycles. The molecule has 6 nitrogen and oxygen atoms in total. The van der Waals surface area contributed by atoms with Gasteiger partial charge in [0.05, 0.1) is 5.69 Å². The number of hydrogen-bond acceptors (Lipinski definition) is 3. The number of aryl methyl sites for hydroxylation is 1. The Morgan fingerprint density at radius 2 is 1.94 bits per heavy atom. The highest BCUT2D eigenvalue weighted by molar-refractivity contribution is 5.92. The second-order valence-electron chi connectivity index (χ2n) is 9.38. The number of nitrogens with one attached hydrogen (secondary N) is 1. The van der Waals surface area contributed by atoms with E-state index in [4.69, 9.17) is 6.57 Å². The molecule has 164 valence electrons. The van der Waals surface area contributed by atoms with E-state index in [1.807, 2.05) is 11.4 Å². The van der Waals surface area contributed by atoms with Crippen molar-refractivity contribution in [3.63, 3.8) is 0 Å². The average molecular weight is 427 g/mol. The van der Waals surface area contributed by atoms with Crippen molar-refractivity contribution in [3.8, 4) is 11.3 Å². The molecule has 3 aromatic heterocycles. The molecule has 5 rings (SSSR count). The number of hydrogen-bond donors (Lipinski definition) is 1. The number of likely N-dealkylation sites (tertiary alicyclic amines) is 1. The second kappa shape index (κ2) is 8.07. The number of fused-ring (bicyclic) bond motifs is 2. The number of aromatic amines is 1. The number of rotatable bonds is 4. The fourth-order valence-corrected chi connectivity index (χ4v) is 5.23. The average Bonchev–Trinajstić information content (AvgIpc) is 3.43. The summed E-state index contributed by atoms with van der Waals surface area (Å²) in [6.07, 6.45) is 5.89. The standard InChI is InChI=1S/C26H30N6/c1-16(2)24-22-13-20(19-8-10-31(11-9-19)18(4)27-5)6-7-23(22)30-25(24)21-12-17(3)26-28-15-29-32(26)14-21/h6-7,12-16,18-19,30H,8-11H2,1-4H3. The van der Waals surface area contributed by atoms with Crippen molar-refractivity contribution in [2.24, 2.45) is 0 Å². The van der Waals surface area contributed by atoms with Crippen LogP contribution in [0.1, 0.15) is 62.1 Å². The van der Waals surface area contributed by atoms with Gasteiger partial charge in [0.25, 0.3) is 6.17 Å². The second-order valence-corrected chi connectivity index (χ2v) is 9.38. The van der Waals surface area contributed by atoms with E-state index in [1.54, 1.807) is 6.33 Å². The number of pyridine rings is 1. The highest BCUT2D eigenvalue weighted by atomic mass is 15.3. The maximum absolute atomic E-state index is 7.31. The predicted octanol–water partition coefficient (Wildman–Crippen LogP) is 5.75. The van der Waals surface area contributed by atoms with Crippen molar-refractivity contribution in [2.45, 2.75) is 58.5 Å². The third kappa shape index (κ3) is 3.47. The fraction of sp³-hybridized carbons (Fsp3) is 0.423. The van der Waals surface area contributed by atoms with Crippen LogP contribution in [0.3, 0.4) is 0 Å². The zero-order valence-electron chi connectivity index (χ0n) is 19.3. The van der Waals surface area contributed by atoms with Gasteiger partial charge in [-0.15, -0.1) is 0 Å². The molecule has 4 heterocycles. The quantitative estimate of drug-likeness (QED) is 0.423. The van der Waals surface area contributed by atoms with Crippen molar-refractivity contribution in [1.29, 1.82) is 0 Å². The Morgan fingerprint density at radius 3 is 2.66 bits per heavy atom. The monoisotopic (exact) mass is 426 g/mol. The summed E-state index contributed by atoms with van der Waals surface area (Å²) in [5, 5.41) is 5.68. The summed E-state index contributed by atoms with van der Waals surface area (Å²) in [5.74, 6) is 0.947. The number of aromatic nitrogens is 4. The number of nitrogens with zero attached hydrogens (tertiary/aromatic N) is 5. The van der Waals surface area contributed by atoms with Gasteiger partial charge in [-0.05, 0) is 66.5 Å². The minimum atomic E-state index is -0.0102. The van der Waals surface area contributed by atoms with E-state index in [2.05, 4.69) is 76.0 Å². The molecule has 0 aliphatic carbocycles. The normalized spacial score (nSPS) is 16.8. The molecule has 1 fully saturated rings. The number of benzene rings is 1. The molecule has 0 bridgehead atoms. The van der Waals surface area contributed by atoms with E-state index in [1.165, 1.54) is 27.7 Å². The van der Waals surface area contributed by atoms with Crippen molar-refractivity contribution < 1.29 is 0 Å². The Hall–Kier alpha value is -3.17. The minimum Gasteiger partial charge on any atom is -0.354 e. The van der Waals surface area contributed by atoms with E-state index in [0.717, 1.165) is 42.7 Å². The lowest BCUT2D eigenvalue weighted by Gasteiger charge is -2.31. The van der Waals surface area contributed by atoms with Crippen LogP contribution in [0.2, 0.25) is 0 Å². The fourth-order valence-electron chi connectivity index (χ4n) is 5.23. The molecular formula is C26H30N6. The molecule has 1 atom stereocenters. The Morgan fingerprint density at radius 1 is 1.16 bits per heavy atom. The molecule has 1 N–H and O–H groups in total. The zero-order valence-corrected chi connectivity index (χ0v) is 19.3. The molecule has 0 radical (unpaired) electrons. The lowest BCUT2D eigenvalue weighted by Crippen LogP contribution is -2.37. The van der Waals surface area contributed by atoms with Crippen LogP contribution >= 0.6 is 0 Å². The summed E-state index contributed by atoms with van der Waals surface area (Å²) in [4.78, 5) is 14.1. The summed E-state index contributed by atoms with van der Waals surface area (Å²) in [5.41, 5.74) is 8.30. The summed E-state index contributed by atoms with van der Waals surface area (Å²) < 4.78 is 1.86. The van der Waals surface area contributed by atoms with Crippen LogP contribution in [0, 0.1) is 13.5 Å². The topological polar surface area (TPSA) is 53.6 Å². The molecule has 4 aromatic rings. The minimum absolute atomic E-state index is 0.0102. The van der Waals surface area contributed by atoms with Gasteiger partial charge in [0, 0.05) is 42.7 Å². The maximum atomic E-state index is 7.31. The molecule has 32 heavy (non-hydrogen) atoms. The van der Waals surface area contributed by atoms with Crippen molar-refractivity contribution in [3.05, 3.63) is 64.9 Å².